The molecule has 0 aliphatic carbocycles. The van der Waals surface area contributed by atoms with E-state index in [0.29, 0.717) is 30.3 Å². The van der Waals surface area contributed by atoms with Crippen molar-refractivity contribution in [3.05, 3.63) is 51.4 Å². The number of fused-ring (bicyclic) bond motifs is 1. The maximum atomic E-state index is 12.5. The Morgan fingerprint density at radius 3 is 2.57 bits per heavy atom. The second-order valence-corrected chi connectivity index (χ2v) is 6.02. The van der Waals surface area contributed by atoms with E-state index in [1.165, 1.54) is 7.11 Å². The molecule has 0 radical (unpaired) electrons. The van der Waals surface area contributed by atoms with E-state index in [4.69, 9.17) is 14.2 Å². The van der Waals surface area contributed by atoms with Crippen LogP contribution in [0.4, 0.5) is 0 Å². The van der Waals surface area contributed by atoms with Gasteiger partial charge in [-0.15, -0.1) is 0 Å². The number of benzene rings is 1. The molecule has 0 saturated carbocycles. The number of hydrogen-bond donors (Lipinski definition) is 2. The fourth-order valence-corrected chi connectivity index (χ4v) is 3.04. The molecule has 1 aliphatic heterocycles. The molecule has 0 saturated heterocycles. The molecular formula is C19H19NO8. The fourth-order valence-electron chi connectivity index (χ4n) is 3.04. The third-order valence-electron chi connectivity index (χ3n) is 4.42. The van der Waals surface area contributed by atoms with Gasteiger partial charge in [-0.25, -0.2) is 4.79 Å². The Balaban J connectivity index is 2.15. The van der Waals surface area contributed by atoms with Crippen LogP contribution in [0.3, 0.4) is 0 Å². The molecule has 0 fully saturated rings. The summed E-state index contributed by atoms with van der Waals surface area (Å²) in [6, 6.07) is 4.94. The lowest BCUT2D eigenvalue weighted by Crippen LogP contribution is -2.22. The van der Waals surface area contributed by atoms with Gasteiger partial charge in [0, 0.05) is 12.1 Å². The molecule has 148 valence electrons. The van der Waals surface area contributed by atoms with Crippen LogP contribution in [0.5, 0.6) is 17.2 Å². The lowest BCUT2D eigenvalue weighted by Gasteiger charge is -2.22. The lowest BCUT2D eigenvalue weighted by atomic mass is 9.87. The van der Waals surface area contributed by atoms with Gasteiger partial charge in [-0.3, -0.25) is 9.59 Å². The highest BCUT2D eigenvalue weighted by atomic mass is 16.6. The molecule has 0 spiro atoms. The molecule has 3 rings (SSSR count). The van der Waals surface area contributed by atoms with E-state index in [9.17, 15) is 19.5 Å². The first-order valence-electron chi connectivity index (χ1n) is 8.45. The van der Waals surface area contributed by atoms with Crippen molar-refractivity contribution < 1.29 is 33.6 Å². The molecule has 1 aliphatic rings. The van der Waals surface area contributed by atoms with Crippen LogP contribution < -0.4 is 15.0 Å². The number of aromatic amines is 1. The molecule has 2 N–H and O–H groups in total. The third-order valence-corrected chi connectivity index (χ3v) is 4.42. The second-order valence-electron chi connectivity index (χ2n) is 6.02. The molecule has 1 aromatic heterocycles. The molecule has 2 heterocycles. The second kappa shape index (κ2) is 8.03. The average molecular weight is 389 g/mol. The van der Waals surface area contributed by atoms with E-state index in [-0.39, 0.29) is 17.5 Å². The number of esters is 2. The molecule has 0 bridgehead atoms. The Morgan fingerprint density at radius 2 is 1.89 bits per heavy atom. The van der Waals surface area contributed by atoms with Crippen LogP contribution in [0.25, 0.3) is 0 Å². The molecular weight excluding hydrogens is 370 g/mol. The van der Waals surface area contributed by atoms with Crippen LogP contribution in [0.2, 0.25) is 0 Å². The summed E-state index contributed by atoms with van der Waals surface area (Å²) < 4.78 is 20.4. The summed E-state index contributed by atoms with van der Waals surface area (Å²) in [5, 5.41) is 10.6. The zero-order valence-corrected chi connectivity index (χ0v) is 15.3. The van der Waals surface area contributed by atoms with Gasteiger partial charge in [-0.2, -0.15) is 0 Å². The molecule has 28 heavy (non-hydrogen) atoms. The fraction of sp³-hybridized carbons (Fsp3) is 0.316. The van der Waals surface area contributed by atoms with Crippen LogP contribution in [0.1, 0.15) is 33.8 Å². The molecule has 2 aromatic rings. The van der Waals surface area contributed by atoms with Crippen molar-refractivity contribution in [3.63, 3.8) is 0 Å². The highest BCUT2D eigenvalue weighted by Gasteiger charge is 2.29. The largest absolute Gasteiger partial charge is 0.506 e. The summed E-state index contributed by atoms with van der Waals surface area (Å²) in [4.78, 5) is 38.8. The van der Waals surface area contributed by atoms with Gasteiger partial charge in [0.2, 0.25) is 0 Å². The molecule has 1 aromatic carbocycles. The zero-order chi connectivity index (χ0) is 20.3. The van der Waals surface area contributed by atoms with Crippen molar-refractivity contribution in [2.75, 3.05) is 27.4 Å². The van der Waals surface area contributed by atoms with E-state index in [1.54, 1.807) is 18.2 Å². The predicted molar refractivity (Wildman–Crippen MR) is 96.0 cm³/mol. The van der Waals surface area contributed by atoms with E-state index < -0.39 is 29.2 Å². The SMILES string of the molecule is COC(=O)CC(c1ccc2c(c1)OCCO2)c1c(O)c(C(=O)OC)c[nH]c1=O. The number of carbonyl (C=O) groups is 2. The summed E-state index contributed by atoms with van der Waals surface area (Å²) >= 11 is 0. The minimum absolute atomic E-state index is 0.148. The van der Waals surface area contributed by atoms with Crippen LogP contribution in [0.15, 0.2) is 29.2 Å². The number of nitrogens with one attached hydrogen (secondary N) is 1. The Kier molecular flexibility index (Phi) is 5.53. The number of hydrogen-bond acceptors (Lipinski definition) is 8. The average Bonchev–Trinajstić information content (AvgIpc) is 2.72. The first kappa shape index (κ1) is 19.3. The monoisotopic (exact) mass is 389 g/mol. The lowest BCUT2D eigenvalue weighted by molar-refractivity contribution is -0.140. The third kappa shape index (κ3) is 3.64. The molecule has 9 nitrogen and oxygen atoms in total. The topological polar surface area (TPSA) is 124 Å². The predicted octanol–water partition coefficient (Wildman–Crippen LogP) is 1.33. The highest BCUT2D eigenvalue weighted by Crippen LogP contribution is 2.38. The molecule has 1 unspecified atom stereocenters. The Labute approximate surface area is 159 Å². The van der Waals surface area contributed by atoms with Gasteiger partial charge < -0.3 is 29.0 Å². The van der Waals surface area contributed by atoms with E-state index in [0.717, 1.165) is 13.3 Å². The zero-order valence-electron chi connectivity index (χ0n) is 15.3. The first-order valence-corrected chi connectivity index (χ1v) is 8.45. The van der Waals surface area contributed by atoms with Crippen molar-refractivity contribution >= 4 is 11.9 Å². The number of carbonyl (C=O) groups excluding carboxylic acids is 2. The van der Waals surface area contributed by atoms with Crippen molar-refractivity contribution in [1.29, 1.82) is 0 Å². The first-order chi connectivity index (χ1) is 13.5. The maximum Gasteiger partial charge on any atom is 0.343 e. The summed E-state index contributed by atoms with van der Waals surface area (Å²) in [5.74, 6) is -1.88. The Hall–Kier alpha value is -3.49. The number of aromatic nitrogens is 1. The maximum absolute atomic E-state index is 12.5. The minimum atomic E-state index is -0.892. The number of methoxy groups -OCH3 is 2. The van der Waals surface area contributed by atoms with Gasteiger partial charge >= 0.3 is 11.9 Å². The van der Waals surface area contributed by atoms with Gasteiger partial charge in [0.05, 0.1) is 26.2 Å². The summed E-state index contributed by atoms with van der Waals surface area (Å²) in [5.41, 5.74) is -0.499. The van der Waals surface area contributed by atoms with Crippen molar-refractivity contribution in [3.8, 4) is 17.2 Å². The van der Waals surface area contributed by atoms with Crippen LogP contribution >= 0.6 is 0 Å². The van der Waals surface area contributed by atoms with Crippen LogP contribution in [0, 0.1) is 0 Å². The summed E-state index contributed by atoms with van der Waals surface area (Å²) in [7, 11) is 2.37. The summed E-state index contributed by atoms with van der Waals surface area (Å²) in [6.45, 7) is 0.779. The number of rotatable bonds is 5. The van der Waals surface area contributed by atoms with Gasteiger partial charge in [-0.1, -0.05) is 6.07 Å². The number of pyridine rings is 1. The smallest absolute Gasteiger partial charge is 0.343 e. The molecule has 0 amide bonds. The number of ether oxygens (including phenoxy) is 4. The standard InChI is InChI=1S/C19H19NO8/c1-25-15(21)8-11(10-3-4-13-14(7-10)28-6-5-27-13)16-17(22)12(19(24)26-2)9-20-18(16)23/h3-4,7,9,11H,5-6,8H2,1-2H3,(H2,20,22,23). The number of H-pyrrole nitrogens is 1. The van der Waals surface area contributed by atoms with E-state index in [1.807, 2.05) is 0 Å². The van der Waals surface area contributed by atoms with Gasteiger partial charge in [0.1, 0.15) is 24.5 Å². The van der Waals surface area contributed by atoms with Crippen LogP contribution in [-0.2, 0) is 14.3 Å². The van der Waals surface area contributed by atoms with Crippen molar-refractivity contribution in [2.24, 2.45) is 0 Å². The molecule has 1 atom stereocenters. The van der Waals surface area contributed by atoms with Gasteiger partial charge in [0.25, 0.3) is 5.56 Å². The van der Waals surface area contributed by atoms with Gasteiger partial charge in [-0.05, 0) is 17.7 Å². The minimum Gasteiger partial charge on any atom is -0.506 e. The van der Waals surface area contributed by atoms with Gasteiger partial charge in [0.15, 0.2) is 11.5 Å². The highest BCUT2D eigenvalue weighted by molar-refractivity contribution is 5.92. The van der Waals surface area contributed by atoms with Crippen LogP contribution in [-0.4, -0.2) is 49.5 Å². The quantitative estimate of drug-likeness (QED) is 0.734. The van der Waals surface area contributed by atoms with E-state index >= 15 is 0 Å². The summed E-state index contributed by atoms with van der Waals surface area (Å²) in [6.07, 6.45) is 0.823. The Bertz CT molecular complexity index is 965. The number of aromatic hydroxyl groups is 1. The van der Waals surface area contributed by atoms with Crippen molar-refractivity contribution in [1.82, 2.24) is 4.98 Å². The molecule has 9 heteroatoms. The van der Waals surface area contributed by atoms with E-state index in [2.05, 4.69) is 9.72 Å². The normalized spacial score (nSPS) is 13.5. The van der Waals surface area contributed by atoms with Crippen molar-refractivity contribution in [2.45, 2.75) is 12.3 Å². The Morgan fingerprint density at radius 1 is 1.18 bits per heavy atom.